The number of carbonyl (C=O) groups is 2. The monoisotopic (exact) mass is 229 g/mol. The van der Waals surface area contributed by atoms with E-state index in [0.29, 0.717) is 22.5 Å². The van der Waals surface area contributed by atoms with Gasteiger partial charge in [0.25, 0.3) is 11.8 Å². The van der Waals surface area contributed by atoms with Gasteiger partial charge in [-0.15, -0.1) is 0 Å². The summed E-state index contributed by atoms with van der Waals surface area (Å²) >= 11 is 0. The second-order valence-electron chi connectivity index (χ2n) is 3.63. The van der Waals surface area contributed by atoms with Crippen LogP contribution in [0.25, 0.3) is 0 Å². The number of aromatic nitrogens is 1. The number of nitrogens with two attached hydrogens (primary N) is 1. The van der Waals surface area contributed by atoms with E-state index in [2.05, 4.69) is 9.68 Å². The van der Waals surface area contributed by atoms with Gasteiger partial charge in [0.15, 0.2) is 0 Å². The molecule has 84 valence electrons. The zero-order valence-corrected chi connectivity index (χ0v) is 8.58. The quantitative estimate of drug-likeness (QED) is 0.583. The smallest absolute Gasteiger partial charge is 0.266 e. The standard InChI is InChI=1S/C11H7N3O3/c12-6-1-2-8-9(3-6)11(16)14(10(8)15)7-4-13-17-5-7/h1-5H,12H2. The van der Waals surface area contributed by atoms with Gasteiger partial charge in [-0.25, -0.2) is 4.90 Å². The Morgan fingerprint density at radius 2 is 1.94 bits per heavy atom. The predicted octanol–water partition coefficient (Wildman–Crippen LogP) is 1.06. The van der Waals surface area contributed by atoms with Crippen LogP contribution in [0.5, 0.6) is 0 Å². The highest BCUT2D eigenvalue weighted by atomic mass is 16.5. The molecular weight excluding hydrogens is 222 g/mol. The van der Waals surface area contributed by atoms with E-state index in [-0.39, 0.29) is 0 Å². The lowest BCUT2D eigenvalue weighted by molar-refractivity contribution is 0.0926. The Morgan fingerprint density at radius 3 is 2.65 bits per heavy atom. The van der Waals surface area contributed by atoms with Gasteiger partial charge in [0, 0.05) is 5.69 Å². The topological polar surface area (TPSA) is 89.4 Å². The molecule has 3 rings (SSSR count). The SMILES string of the molecule is Nc1ccc2c(c1)C(=O)N(c1cnoc1)C2=O. The summed E-state index contributed by atoms with van der Waals surface area (Å²) in [5.74, 6) is -0.811. The molecule has 2 N–H and O–H groups in total. The number of fused-ring (bicyclic) bond motifs is 1. The molecule has 17 heavy (non-hydrogen) atoms. The number of hydrogen-bond donors (Lipinski definition) is 1. The zero-order valence-electron chi connectivity index (χ0n) is 8.58. The third-order valence-corrected chi connectivity index (χ3v) is 2.59. The molecule has 0 radical (unpaired) electrons. The van der Waals surface area contributed by atoms with Gasteiger partial charge in [-0.05, 0) is 18.2 Å². The number of anilines is 2. The Hall–Kier alpha value is -2.63. The van der Waals surface area contributed by atoms with Gasteiger partial charge < -0.3 is 10.3 Å². The van der Waals surface area contributed by atoms with Gasteiger partial charge >= 0.3 is 0 Å². The molecule has 0 atom stereocenters. The summed E-state index contributed by atoms with van der Waals surface area (Å²) in [7, 11) is 0. The lowest BCUT2D eigenvalue weighted by Gasteiger charge is -2.08. The number of nitrogens with zero attached hydrogens (tertiary/aromatic N) is 2. The summed E-state index contributed by atoms with van der Waals surface area (Å²) in [6.07, 6.45) is 2.55. The van der Waals surface area contributed by atoms with Gasteiger partial charge in [-0.3, -0.25) is 9.59 Å². The Kier molecular flexibility index (Phi) is 1.79. The average molecular weight is 229 g/mol. The maximum absolute atomic E-state index is 12.0. The summed E-state index contributed by atoms with van der Waals surface area (Å²) in [4.78, 5) is 25.1. The first-order chi connectivity index (χ1) is 8.18. The normalized spacial score (nSPS) is 14.2. The second kappa shape index (κ2) is 3.18. The fraction of sp³-hybridized carbons (Fsp3) is 0. The summed E-state index contributed by atoms with van der Waals surface area (Å²) in [6, 6.07) is 4.61. The maximum Gasteiger partial charge on any atom is 0.266 e. The van der Waals surface area contributed by atoms with Crippen molar-refractivity contribution in [2.75, 3.05) is 10.6 Å². The first-order valence-corrected chi connectivity index (χ1v) is 4.86. The number of carbonyl (C=O) groups excluding carboxylic acids is 2. The van der Waals surface area contributed by atoms with Crippen molar-refractivity contribution in [1.82, 2.24) is 5.16 Å². The van der Waals surface area contributed by atoms with Crippen LogP contribution in [0, 0.1) is 0 Å². The van der Waals surface area contributed by atoms with Gasteiger partial charge in [0.05, 0.1) is 17.3 Å². The van der Waals surface area contributed by atoms with E-state index in [9.17, 15) is 9.59 Å². The molecule has 0 fully saturated rings. The number of imide groups is 1. The minimum Gasteiger partial charge on any atom is -0.399 e. The van der Waals surface area contributed by atoms with E-state index in [1.165, 1.54) is 18.5 Å². The number of benzene rings is 1. The van der Waals surface area contributed by atoms with Crippen LogP contribution < -0.4 is 10.6 Å². The third kappa shape index (κ3) is 1.24. The number of rotatable bonds is 1. The Morgan fingerprint density at radius 1 is 1.18 bits per heavy atom. The van der Waals surface area contributed by atoms with Crippen LogP contribution in [0.15, 0.2) is 35.2 Å². The molecular formula is C11H7N3O3. The van der Waals surface area contributed by atoms with Crippen molar-refractivity contribution in [2.24, 2.45) is 0 Å². The molecule has 0 saturated carbocycles. The van der Waals surface area contributed by atoms with Gasteiger partial charge in [-0.1, -0.05) is 5.16 Å². The molecule has 1 aliphatic rings. The molecule has 0 unspecified atom stereocenters. The molecule has 6 heteroatoms. The first kappa shape index (κ1) is 9.59. The van der Waals surface area contributed by atoms with Gasteiger partial charge in [-0.2, -0.15) is 0 Å². The summed E-state index contributed by atoms with van der Waals surface area (Å²) in [6.45, 7) is 0. The Labute approximate surface area is 95.6 Å². The second-order valence-corrected chi connectivity index (χ2v) is 3.63. The Bertz CT molecular complexity index is 619. The molecule has 0 saturated heterocycles. The summed E-state index contributed by atoms with van der Waals surface area (Å²) in [5, 5.41) is 3.47. The third-order valence-electron chi connectivity index (χ3n) is 2.59. The molecule has 1 aromatic carbocycles. The van der Waals surface area contributed by atoms with Crippen LogP contribution in [0.2, 0.25) is 0 Å². The highest BCUT2D eigenvalue weighted by Gasteiger charge is 2.37. The molecule has 6 nitrogen and oxygen atoms in total. The first-order valence-electron chi connectivity index (χ1n) is 4.86. The van der Waals surface area contributed by atoms with E-state index in [1.54, 1.807) is 12.1 Å². The molecule has 0 bridgehead atoms. The minimum atomic E-state index is -0.416. The maximum atomic E-state index is 12.0. The lowest BCUT2D eigenvalue weighted by Crippen LogP contribution is -2.28. The van der Waals surface area contributed by atoms with E-state index >= 15 is 0 Å². The summed E-state index contributed by atoms with van der Waals surface area (Å²) < 4.78 is 4.63. The number of hydrogen-bond acceptors (Lipinski definition) is 5. The highest BCUT2D eigenvalue weighted by molar-refractivity contribution is 6.34. The van der Waals surface area contributed by atoms with Gasteiger partial charge in [0.2, 0.25) is 0 Å². The van der Waals surface area contributed by atoms with E-state index < -0.39 is 11.8 Å². The van der Waals surface area contributed by atoms with Gasteiger partial charge in [0.1, 0.15) is 12.0 Å². The van der Waals surface area contributed by atoms with Crippen molar-refractivity contribution in [3.8, 4) is 0 Å². The van der Waals surface area contributed by atoms with E-state index in [4.69, 9.17) is 5.73 Å². The molecule has 0 spiro atoms. The van der Waals surface area contributed by atoms with Crippen LogP contribution in [0.4, 0.5) is 11.4 Å². The van der Waals surface area contributed by atoms with E-state index in [0.717, 1.165) is 4.90 Å². The Balaban J connectivity index is 2.15. The zero-order chi connectivity index (χ0) is 12.0. The average Bonchev–Trinajstić information content (AvgIpc) is 2.88. The van der Waals surface area contributed by atoms with Crippen molar-refractivity contribution in [3.63, 3.8) is 0 Å². The van der Waals surface area contributed by atoms with Crippen molar-refractivity contribution in [1.29, 1.82) is 0 Å². The van der Waals surface area contributed by atoms with Crippen LogP contribution in [-0.4, -0.2) is 17.0 Å². The largest absolute Gasteiger partial charge is 0.399 e. The minimum absolute atomic E-state index is 0.302. The van der Waals surface area contributed by atoms with Crippen molar-refractivity contribution in [3.05, 3.63) is 41.8 Å². The van der Waals surface area contributed by atoms with Crippen LogP contribution in [0.1, 0.15) is 20.7 Å². The lowest BCUT2D eigenvalue weighted by atomic mass is 10.1. The molecule has 1 aliphatic heterocycles. The fourth-order valence-corrected chi connectivity index (χ4v) is 1.80. The molecule has 0 aliphatic carbocycles. The number of amides is 2. The van der Waals surface area contributed by atoms with Crippen molar-refractivity contribution in [2.45, 2.75) is 0 Å². The van der Waals surface area contributed by atoms with Crippen molar-refractivity contribution < 1.29 is 14.1 Å². The van der Waals surface area contributed by atoms with Crippen LogP contribution in [0.3, 0.4) is 0 Å². The fourth-order valence-electron chi connectivity index (χ4n) is 1.80. The molecule has 2 amide bonds. The van der Waals surface area contributed by atoms with Crippen LogP contribution >= 0.6 is 0 Å². The highest BCUT2D eigenvalue weighted by Crippen LogP contribution is 2.29. The molecule has 1 aromatic heterocycles. The molecule has 2 heterocycles. The predicted molar refractivity (Wildman–Crippen MR) is 58.5 cm³/mol. The van der Waals surface area contributed by atoms with Crippen molar-refractivity contribution >= 4 is 23.2 Å². The number of nitrogen functional groups attached to an aromatic ring is 1. The molecule has 2 aromatic rings. The van der Waals surface area contributed by atoms with Crippen LogP contribution in [-0.2, 0) is 0 Å². The van der Waals surface area contributed by atoms with E-state index in [1.807, 2.05) is 0 Å². The summed E-state index contributed by atoms with van der Waals surface area (Å²) in [5.41, 5.74) is 6.99.